The summed E-state index contributed by atoms with van der Waals surface area (Å²) in [6, 6.07) is 0. The number of nitrogens with zero attached hydrogens (tertiary/aromatic N) is 1. The lowest BCUT2D eigenvalue weighted by molar-refractivity contribution is -0.154. The van der Waals surface area contributed by atoms with Crippen LogP contribution in [0.4, 0.5) is 0 Å². The topological polar surface area (TPSA) is 109 Å². The molecule has 7 nitrogen and oxygen atoms in total. The largest absolute Gasteiger partial charge is 0.458 e. The van der Waals surface area contributed by atoms with Gasteiger partial charge in [0.1, 0.15) is 11.9 Å². The first-order valence-corrected chi connectivity index (χ1v) is 13.1. The fraction of sp³-hybridized carbons (Fsp3) is 0.731. The van der Waals surface area contributed by atoms with Crippen molar-refractivity contribution < 1.29 is 29.3 Å². The van der Waals surface area contributed by atoms with Crippen LogP contribution in [-0.2, 0) is 19.1 Å². The number of cyclic esters (lactones) is 1. The van der Waals surface area contributed by atoms with Gasteiger partial charge in [-0.25, -0.2) is 4.98 Å². The number of aliphatic hydroxyl groups is 2. The van der Waals surface area contributed by atoms with Crippen molar-refractivity contribution >= 4 is 29.2 Å². The van der Waals surface area contributed by atoms with E-state index in [1.807, 2.05) is 31.4 Å². The van der Waals surface area contributed by atoms with Crippen LogP contribution >= 0.6 is 11.3 Å². The molecule has 2 fully saturated rings. The van der Waals surface area contributed by atoms with Gasteiger partial charge in [0, 0.05) is 17.7 Å². The molecule has 2 saturated heterocycles. The lowest BCUT2D eigenvalue weighted by atomic mass is 9.73. The van der Waals surface area contributed by atoms with E-state index in [4.69, 9.17) is 9.47 Å². The first-order chi connectivity index (χ1) is 15.8. The molecule has 1 aromatic heterocycles. The van der Waals surface area contributed by atoms with E-state index in [9.17, 15) is 19.8 Å². The lowest BCUT2D eigenvalue weighted by Gasteiger charge is -2.34. The molecule has 0 bridgehead atoms. The van der Waals surface area contributed by atoms with Crippen LogP contribution < -0.4 is 0 Å². The molecule has 2 aliphatic rings. The summed E-state index contributed by atoms with van der Waals surface area (Å²) >= 11 is 1.55. The highest BCUT2D eigenvalue weighted by Crippen LogP contribution is 2.44. The summed E-state index contributed by atoms with van der Waals surface area (Å²) < 4.78 is 11.7. The fourth-order valence-electron chi connectivity index (χ4n) is 4.82. The number of epoxide rings is 1. The summed E-state index contributed by atoms with van der Waals surface area (Å²) in [6.45, 7) is 10.9. The number of thiazole rings is 1. The Morgan fingerprint density at radius 1 is 1.21 bits per heavy atom. The van der Waals surface area contributed by atoms with Gasteiger partial charge in [-0.15, -0.1) is 11.3 Å². The van der Waals surface area contributed by atoms with Crippen molar-refractivity contribution in [2.24, 2.45) is 17.3 Å². The van der Waals surface area contributed by atoms with Crippen molar-refractivity contribution in [3.8, 4) is 0 Å². The van der Waals surface area contributed by atoms with Crippen molar-refractivity contribution in [1.82, 2.24) is 4.98 Å². The van der Waals surface area contributed by atoms with E-state index in [1.165, 1.54) is 0 Å². The summed E-state index contributed by atoms with van der Waals surface area (Å²) in [6.07, 6.45) is 3.72. The number of aromatic nitrogens is 1. The zero-order valence-corrected chi connectivity index (χ0v) is 21.9. The summed E-state index contributed by atoms with van der Waals surface area (Å²) in [4.78, 5) is 30.4. The Bertz CT molecular complexity index is 911. The van der Waals surface area contributed by atoms with Crippen LogP contribution in [0.15, 0.2) is 11.5 Å². The van der Waals surface area contributed by atoms with Crippen LogP contribution in [-0.4, -0.2) is 57.0 Å². The highest BCUT2D eigenvalue weighted by atomic mass is 32.1. The number of fused-ring (bicyclic) bond motifs is 1. The summed E-state index contributed by atoms with van der Waals surface area (Å²) in [7, 11) is 0. The van der Waals surface area contributed by atoms with Crippen molar-refractivity contribution in [3.63, 3.8) is 0 Å². The van der Waals surface area contributed by atoms with Crippen molar-refractivity contribution in [2.45, 2.75) is 104 Å². The Balaban J connectivity index is 1.81. The van der Waals surface area contributed by atoms with Gasteiger partial charge in [-0.05, 0) is 44.8 Å². The minimum atomic E-state index is -1.22. The van der Waals surface area contributed by atoms with E-state index < -0.39 is 35.6 Å². The van der Waals surface area contributed by atoms with Crippen molar-refractivity contribution in [2.75, 3.05) is 0 Å². The third kappa shape index (κ3) is 6.33. The average Bonchev–Trinajstić information content (AvgIpc) is 3.19. The Hall–Kier alpha value is -1.61. The van der Waals surface area contributed by atoms with Crippen LogP contribution in [0.2, 0.25) is 0 Å². The highest BCUT2D eigenvalue weighted by molar-refractivity contribution is 7.09. The van der Waals surface area contributed by atoms with E-state index >= 15 is 0 Å². The minimum absolute atomic E-state index is 0.0397. The lowest BCUT2D eigenvalue weighted by Crippen LogP contribution is -2.45. The Labute approximate surface area is 206 Å². The molecular formula is C26H39NO6S. The molecule has 2 aliphatic heterocycles. The second-order valence-electron chi connectivity index (χ2n) is 10.8. The number of aliphatic hydroxyl groups excluding tert-OH is 2. The molecule has 0 amide bonds. The van der Waals surface area contributed by atoms with Crippen LogP contribution in [0.1, 0.15) is 77.4 Å². The Kier molecular flexibility index (Phi) is 8.38. The highest BCUT2D eigenvalue weighted by Gasteiger charge is 2.52. The van der Waals surface area contributed by atoms with Gasteiger partial charge in [0.25, 0.3) is 0 Å². The van der Waals surface area contributed by atoms with Gasteiger partial charge in [-0.1, -0.05) is 34.1 Å². The number of ether oxygens (including phenoxy) is 2. The van der Waals surface area contributed by atoms with Gasteiger partial charge in [0.15, 0.2) is 0 Å². The average molecular weight is 494 g/mol. The van der Waals surface area contributed by atoms with Crippen molar-refractivity contribution in [3.05, 3.63) is 22.2 Å². The van der Waals surface area contributed by atoms with E-state index in [2.05, 4.69) is 11.9 Å². The molecule has 2 N–H and O–H groups in total. The number of Topliss-reactive ketones (excluding diaryl/α,β-unsaturated/α-hetero) is 1. The molecule has 7 atom stereocenters. The molecule has 0 radical (unpaired) electrons. The van der Waals surface area contributed by atoms with Gasteiger partial charge in [0.05, 0.1) is 46.5 Å². The maximum absolute atomic E-state index is 13.2. The maximum Gasteiger partial charge on any atom is 0.309 e. The van der Waals surface area contributed by atoms with E-state index in [1.54, 1.807) is 32.1 Å². The standard InChI is InChI=1S/C26H39NO6S/c1-15-8-7-11-26(6)21(33-26)12-19(10-9-18-14-34-17(3)27-18)32-22(29)13-20(28)25(4,5)24(31)16(2)23(15)30/h9-10,14-16,19-21,23,28,30H,7-8,11-13H2,1-6H3/t15-,16+,19+,20-,21+,23-,26-/m0/s1. The molecule has 0 aromatic carbocycles. The molecule has 1 aromatic rings. The number of aryl methyl sites for hydroxylation is 1. The van der Waals surface area contributed by atoms with Gasteiger partial charge in [-0.3, -0.25) is 9.59 Å². The molecule has 0 spiro atoms. The predicted molar refractivity (Wildman–Crippen MR) is 131 cm³/mol. The van der Waals surface area contributed by atoms with Crippen LogP contribution in [0.5, 0.6) is 0 Å². The van der Waals surface area contributed by atoms with Crippen LogP contribution in [0.25, 0.3) is 6.08 Å². The molecule has 190 valence electrons. The van der Waals surface area contributed by atoms with Gasteiger partial charge in [0.2, 0.25) is 0 Å². The third-order valence-corrected chi connectivity index (χ3v) is 8.34. The smallest absolute Gasteiger partial charge is 0.309 e. The monoisotopic (exact) mass is 493 g/mol. The van der Waals surface area contributed by atoms with Crippen LogP contribution in [0, 0.1) is 24.2 Å². The van der Waals surface area contributed by atoms with Gasteiger partial charge >= 0.3 is 5.97 Å². The fourth-order valence-corrected chi connectivity index (χ4v) is 5.40. The quantitative estimate of drug-likeness (QED) is 0.472. The zero-order chi connectivity index (χ0) is 25.3. The summed E-state index contributed by atoms with van der Waals surface area (Å²) in [5, 5.41) is 24.5. The summed E-state index contributed by atoms with van der Waals surface area (Å²) in [5.74, 6) is -1.55. The molecule has 0 unspecified atom stereocenters. The number of ketones is 1. The molecule has 3 rings (SSSR count). The second-order valence-corrected chi connectivity index (χ2v) is 11.9. The first kappa shape index (κ1) is 27.0. The zero-order valence-electron chi connectivity index (χ0n) is 21.1. The van der Waals surface area contributed by atoms with Crippen LogP contribution in [0.3, 0.4) is 0 Å². The predicted octanol–water partition coefficient (Wildman–Crippen LogP) is 4.09. The molecule has 34 heavy (non-hydrogen) atoms. The molecule has 8 heteroatoms. The maximum atomic E-state index is 13.2. The third-order valence-electron chi connectivity index (χ3n) is 7.55. The number of carbonyl (C=O) groups excluding carboxylic acids is 2. The minimum Gasteiger partial charge on any atom is -0.458 e. The molecule has 3 heterocycles. The number of hydrogen-bond donors (Lipinski definition) is 2. The second kappa shape index (κ2) is 10.6. The van der Waals surface area contributed by atoms with Gasteiger partial charge in [-0.2, -0.15) is 0 Å². The van der Waals surface area contributed by atoms with E-state index in [-0.39, 0.29) is 29.8 Å². The number of esters is 1. The Morgan fingerprint density at radius 3 is 2.56 bits per heavy atom. The van der Waals surface area contributed by atoms with E-state index in [0.29, 0.717) is 6.42 Å². The number of rotatable bonds is 2. The molecule has 0 saturated carbocycles. The number of hydrogen-bond acceptors (Lipinski definition) is 8. The molecule has 0 aliphatic carbocycles. The SMILES string of the molecule is Cc1nc(C=C[C@@H]2C[C@H]3O[C@@]3(C)CCC[C@H](C)[C@H](O)[C@@H](C)C(=O)C(C)(C)[C@@H](O)CC(=O)O2)cs1. The van der Waals surface area contributed by atoms with Gasteiger partial charge < -0.3 is 19.7 Å². The normalized spacial score (nSPS) is 37.9. The molecular weight excluding hydrogens is 454 g/mol. The number of carbonyl (C=O) groups is 2. The van der Waals surface area contributed by atoms with E-state index in [0.717, 1.165) is 30.0 Å². The Morgan fingerprint density at radius 2 is 1.91 bits per heavy atom. The summed E-state index contributed by atoms with van der Waals surface area (Å²) in [5.41, 5.74) is -0.684. The van der Waals surface area contributed by atoms with Crippen molar-refractivity contribution in [1.29, 1.82) is 0 Å². The first-order valence-electron chi connectivity index (χ1n) is 12.2.